The predicted octanol–water partition coefficient (Wildman–Crippen LogP) is -0.842. The lowest BCUT2D eigenvalue weighted by atomic mass is 10.4. The third kappa shape index (κ3) is 3.03. The molecule has 1 atom stereocenters. The molecular weight excluding hydrogens is 196 g/mol. The minimum atomic E-state index is -3.43. The summed E-state index contributed by atoms with van der Waals surface area (Å²) in [6, 6.07) is 0. The van der Waals surface area contributed by atoms with E-state index in [0.29, 0.717) is 6.54 Å². The van der Waals surface area contributed by atoms with Crippen molar-refractivity contribution in [2.24, 2.45) is 0 Å². The number of sulfonamides is 1. The molecule has 7 heteroatoms. The van der Waals surface area contributed by atoms with Crippen LogP contribution in [0, 0.1) is 0 Å². The number of alkyl carbamates (subject to hydrolysis) is 1. The van der Waals surface area contributed by atoms with Crippen LogP contribution in [0.1, 0.15) is 0 Å². The Morgan fingerprint density at radius 2 is 2.46 bits per heavy atom. The predicted molar refractivity (Wildman–Crippen MR) is 45.4 cm³/mol. The number of nitrogens with one attached hydrogen (secondary N) is 2. The highest BCUT2D eigenvalue weighted by atomic mass is 32.2. The minimum absolute atomic E-state index is 0.0626. The van der Waals surface area contributed by atoms with Gasteiger partial charge in [-0.15, -0.1) is 0 Å². The maximum atomic E-state index is 10.8. The van der Waals surface area contributed by atoms with Gasteiger partial charge in [0.15, 0.2) is 0 Å². The van der Waals surface area contributed by atoms with E-state index in [1.54, 1.807) is 0 Å². The van der Waals surface area contributed by atoms with Gasteiger partial charge in [-0.25, -0.2) is 17.9 Å². The number of amides is 1. The summed E-state index contributed by atoms with van der Waals surface area (Å²) in [5, 5.41) is 3.20. The Bertz CT molecular complexity index is 311. The van der Waals surface area contributed by atoms with Crippen LogP contribution in [-0.4, -0.2) is 33.7 Å². The molecule has 1 aliphatic heterocycles. The molecule has 74 valence electrons. The summed E-state index contributed by atoms with van der Waals surface area (Å²) in [6.45, 7) is 3.50. The van der Waals surface area contributed by atoms with Crippen LogP contribution in [0.25, 0.3) is 0 Å². The molecule has 6 nitrogen and oxygen atoms in total. The number of hydrogen-bond donors (Lipinski definition) is 2. The fourth-order valence-electron chi connectivity index (χ4n) is 0.814. The van der Waals surface area contributed by atoms with Gasteiger partial charge in [-0.1, -0.05) is 6.58 Å². The number of ether oxygens (including phenoxy) is 1. The van der Waals surface area contributed by atoms with E-state index in [9.17, 15) is 13.2 Å². The van der Waals surface area contributed by atoms with Crippen LogP contribution in [0.5, 0.6) is 0 Å². The highest BCUT2D eigenvalue weighted by Gasteiger charge is 2.23. The van der Waals surface area contributed by atoms with Gasteiger partial charge in [0, 0.05) is 12.0 Å². The summed E-state index contributed by atoms with van der Waals surface area (Å²) in [4.78, 5) is 10.5. The molecule has 13 heavy (non-hydrogen) atoms. The average molecular weight is 206 g/mol. The van der Waals surface area contributed by atoms with Crippen LogP contribution in [0.15, 0.2) is 12.0 Å². The largest absolute Gasteiger partial charge is 0.443 e. The topological polar surface area (TPSA) is 84.5 Å². The second kappa shape index (κ2) is 3.75. The van der Waals surface area contributed by atoms with Crippen LogP contribution in [0.2, 0.25) is 0 Å². The second-order valence-electron chi connectivity index (χ2n) is 2.47. The van der Waals surface area contributed by atoms with E-state index in [1.807, 2.05) is 0 Å². The molecule has 0 aliphatic carbocycles. The molecule has 0 unspecified atom stereocenters. The fourth-order valence-corrected chi connectivity index (χ4v) is 1.35. The van der Waals surface area contributed by atoms with E-state index >= 15 is 0 Å². The first kappa shape index (κ1) is 10.0. The van der Waals surface area contributed by atoms with E-state index in [1.165, 1.54) is 0 Å². The van der Waals surface area contributed by atoms with Crippen molar-refractivity contribution in [1.82, 2.24) is 10.0 Å². The van der Waals surface area contributed by atoms with Gasteiger partial charge in [0.1, 0.15) is 6.10 Å². The maximum absolute atomic E-state index is 10.8. The number of carbonyl (C=O) groups is 1. The lowest BCUT2D eigenvalue weighted by molar-refractivity contribution is 0.142. The fraction of sp³-hybridized carbons (Fsp3) is 0.500. The molecular formula is C6H10N2O4S. The summed E-state index contributed by atoms with van der Waals surface area (Å²) in [5.74, 6) is 0. The summed E-state index contributed by atoms with van der Waals surface area (Å²) >= 11 is 0. The molecule has 1 saturated heterocycles. The average Bonchev–Trinajstić information content (AvgIpc) is 2.48. The molecule has 1 aliphatic rings. The minimum Gasteiger partial charge on any atom is -0.443 e. The van der Waals surface area contributed by atoms with Crippen LogP contribution >= 0.6 is 0 Å². The lowest BCUT2D eigenvalue weighted by Crippen LogP contribution is -2.32. The van der Waals surface area contributed by atoms with Crippen LogP contribution < -0.4 is 10.0 Å². The van der Waals surface area contributed by atoms with Gasteiger partial charge in [-0.2, -0.15) is 0 Å². The van der Waals surface area contributed by atoms with Crippen molar-refractivity contribution in [3.05, 3.63) is 12.0 Å². The number of hydrogen-bond acceptors (Lipinski definition) is 4. The van der Waals surface area contributed by atoms with Gasteiger partial charge in [0.05, 0.1) is 6.54 Å². The van der Waals surface area contributed by atoms with E-state index in [2.05, 4.69) is 21.4 Å². The molecule has 1 rings (SSSR count). The number of rotatable bonds is 4. The summed E-state index contributed by atoms with van der Waals surface area (Å²) in [6.07, 6.45) is -0.968. The first-order chi connectivity index (χ1) is 6.03. The van der Waals surface area contributed by atoms with Gasteiger partial charge < -0.3 is 10.1 Å². The summed E-state index contributed by atoms with van der Waals surface area (Å²) in [5.41, 5.74) is 0. The molecule has 0 aromatic heterocycles. The van der Waals surface area contributed by atoms with Crippen LogP contribution in [0.4, 0.5) is 4.79 Å². The second-order valence-corrected chi connectivity index (χ2v) is 4.18. The Balaban J connectivity index is 2.35. The Kier molecular flexibility index (Phi) is 2.89. The van der Waals surface area contributed by atoms with Gasteiger partial charge in [0.2, 0.25) is 10.0 Å². The number of cyclic esters (lactones) is 1. The third-order valence-corrected chi connectivity index (χ3v) is 2.49. The Labute approximate surface area is 76.0 Å². The standard InChI is InChI=1S/C6H10N2O4S/c1-2-13(10,11)8-4-5-3-7-6(9)12-5/h2,5,8H,1,3-4H2,(H,7,9)/t5-/m1/s1. The van der Waals surface area contributed by atoms with Crippen molar-refractivity contribution in [2.45, 2.75) is 6.10 Å². The van der Waals surface area contributed by atoms with Gasteiger partial charge in [-0.05, 0) is 0 Å². The first-order valence-corrected chi connectivity index (χ1v) is 5.15. The molecule has 0 bridgehead atoms. The summed E-state index contributed by atoms with van der Waals surface area (Å²) < 4.78 is 28.6. The smallest absolute Gasteiger partial charge is 0.407 e. The summed E-state index contributed by atoms with van der Waals surface area (Å²) in [7, 11) is -3.43. The van der Waals surface area contributed by atoms with Gasteiger partial charge in [-0.3, -0.25) is 0 Å². The highest BCUT2D eigenvalue weighted by Crippen LogP contribution is 1.98. The molecule has 1 amide bonds. The molecule has 0 saturated carbocycles. The van der Waals surface area contributed by atoms with Crippen LogP contribution in [0.3, 0.4) is 0 Å². The molecule has 1 heterocycles. The Hall–Kier alpha value is -1.08. The van der Waals surface area contributed by atoms with E-state index in [-0.39, 0.29) is 6.54 Å². The molecule has 0 radical (unpaired) electrons. The van der Waals surface area contributed by atoms with Crippen molar-refractivity contribution < 1.29 is 17.9 Å². The highest BCUT2D eigenvalue weighted by molar-refractivity contribution is 7.92. The molecule has 0 aromatic rings. The Morgan fingerprint density at radius 3 is 2.92 bits per heavy atom. The van der Waals surface area contributed by atoms with Crippen LogP contribution in [-0.2, 0) is 14.8 Å². The van der Waals surface area contributed by atoms with Crippen molar-refractivity contribution in [3.8, 4) is 0 Å². The molecule has 2 N–H and O–H groups in total. The van der Waals surface area contributed by atoms with E-state index in [4.69, 9.17) is 0 Å². The van der Waals surface area contributed by atoms with E-state index < -0.39 is 22.2 Å². The third-order valence-electron chi connectivity index (χ3n) is 1.48. The quantitative estimate of drug-likeness (QED) is 0.628. The Morgan fingerprint density at radius 1 is 1.77 bits per heavy atom. The van der Waals surface area contributed by atoms with Gasteiger partial charge in [0.25, 0.3) is 0 Å². The monoisotopic (exact) mass is 206 g/mol. The number of carbonyl (C=O) groups excluding carboxylic acids is 1. The van der Waals surface area contributed by atoms with Crippen molar-refractivity contribution in [3.63, 3.8) is 0 Å². The lowest BCUT2D eigenvalue weighted by Gasteiger charge is -2.07. The molecule has 0 aromatic carbocycles. The zero-order valence-corrected chi connectivity index (χ0v) is 7.63. The zero-order valence-electron chi connectivity index (χ0n) is 6.82. The van der Waals surface area contributed by atoms with Crippen molar-refractivity contribution in [2.75, 3.05) is 13.1 Å². The van der Waals surface area contributed by atoms with Crippen molar-refractivity contribution in [1.29, 1.82) is 0 Å². The van der Waals surface area contributed by atoms with Gasteiger partial charge >= 0.3 is 6.09 Å². The van der Waals surface area contributed by atoms with E-state index in [0.717, 1.165) is 5.41 Å². The SMILES string of the molecule is C=CS(=O)(=O)NC[C@H]1CNC(=O)O1. The normalized spacial score (nSPS) is 22.2. The molecule has 0 spiro atoms. The van der Waals surface area contributed by atoms with Crippen molar-refractivity contribution >= 4 is 16.1 Å². The first-order valence-electron chi connectivity index (χ1n) is 3.60. The zero-order chi connectivity index (χ0) is 9.90. The molecule has 1 fully saturated rings. The maximum Gasteiger partial charge on any atom is 0.407 e.